The van der Waals surface area contributed by atoms with E-state index >= 15 is 0 Å². The Morgan fingerprint density at radius 3 is 2.90 bits per heavy atom. The highest BCUT2D eigenvalue weighted by atomic mass is 16.5. The van der Waals surface area contributed by atoms with Gasteiger partial charge in [0.05, 0.1) is 17.1 Å². The number of rotatable bonds is 9. The van der Waals surface area contributed by atoms with E-state index in [2.05, 4.69) is 54.3 Å². The van der Waals surface area contributed by atoms with Crippen LogP contribution >= 0.6 is 0 Å². The van der Waals surface area contributed by atoms with E-state index in [1.165, 1.54) is 5.56 Å². The molecule has 0 unspecified atom stereocenters. The molecular weight excluding hydrogens is 262 g/mol. The van der Waals surface area contributed by atoms with Crippen molar-refractivity contribution in [2.24, 2.45) is 0 Å². The molecule has 4 nitrogen and oxygen atoms in total. The van der Waals surface area contributed by atoms with Gasteiger partial charge in [0.15, 0.2) is 0 Å². The Kier molecular flexibility index (Phi) is 6.21. The fourth-order valence-electron chi connectivity index (χ4n) is 2.30. The summed E-state index contributed by atoms with van der Waals surface area (Å²) in [4.78, 5) is 8.04. The topological polar surface area (TPSA) is 49.9 Å². The molecule has 1 heterocycles. The third kappa shape index (κ3) is 5.14. The second-order valence-electron chi connectivity index (χ2n) is 5.66. The van der Waals surface area contributed by atoms with Gasteiger partial charge in [0, 0.05) is 19.6 Å². The number of benzene rings is 1. The van der Waals surface area contributed by atoms with Gasteiger partial charge in [-0.15, -0.1) is 0 Å². The Bertz CT molecular complexity index is 548. The molecule has 4 heteroatoms. The number of hydrogen-bond acceptors (Lipinski definition) is 3. The summed E-state index contributed by atoms with van der Waals surface area (Å²) in [5, 5.41) is 3.43. The second kappa shape index (κ2) is 8.15. The van der Waals surface area contributed by atoms with Crippen molar-refractivity contribution in [1.82, 2.24) is 15.3 Å². The van der Waals surface area contributed by atoms with E-state index in [-0.39, 0.29) is 0 Å². The molecule has 2 N–H and O–H groups in total. The summed E-state index contributed by atoms with van der Waals surface area (Å²) >= 11 is 0. The lowest BCUT2D eigenvalue weighted by Gasteiger charge is -2.07. The van der Waals surface area contributed by atoms with Gasteiger partial charge < -0.3 is 15.0 Å². The highest BCUT2D eigenvalue weighted by Crippen LogP contribution is 2.14. The normalized spacial score (nSPS) is 11.6. The third-order valence-corrected chi connectivity index (χ3v) is 3.49. The Hall–Kier alpha value is -1.39. The fraction of sp³-hybridized carbons (Fsp3) is 0.588. The highest BCUT2D eigenvalue weighted by Gasteiger charge is 2.03. The number of ether oxygens (including phenoxy) is 1. The average Bonchev–Trinajstić information content (AvgIpc) is 2.87. The Balaban J connectivity index is 1.71. The first-order valence-corrected chi connectivity index (χ1v) is 7.99. The van der Waals surface area contributed by atoms with Crippen LogP contribution in [0.25, 0.3) is 11.0 Å². The quantitative estimate of drug-likeness (QED) is 0.698. The molecule has 21 heavy (non-hydrogen) atoms. The number of imidazole rings is 1. The largest absolute Gasteiger partial charge is 0.379 e. The van der Waals surface area contributed by atoms with Gasteiger partial charge in [-0.2, -0.15) is 0 Å². The molecule has 0 atom stereocenters. The van der Waals surface area contributed by atoms with Crippen molar-refractivity contribution in [1.29, 1.82) is 0 Å². The van der Waals surface area contributed by atoms with Crippen LogP contribution in [0.5, 0.6) is 0 Å². The molecule has 0 saturated carbocycles. The summed E-state index contributed by atoms with van der Waals surface area (Å²) in [7, 11) is 0. The van der Waals surface area contributed by atoms with Crippen LogP contribution < -0.4 is 5.32 Å². The van der Waals surface area contributed by atoms with E-state index < -0.39 is 0 Å². The molecule has 2 aromatic rings. The summed E-state index contributed by atoms with van der Waals surface area (Å²) in [6.45, 7) is 9.08. The summed E-state index contributed by atoms with van der Waals surface area (Å²) in [6.07, 6.45) is 3.37. The van der Waals surface area contributed by atoms with Crippen molar-refractivity contribution in [2.45, 2.75) is 46.1 Å². The lowest BCUT2D eigenvalue weighted by atomic mass is 10.1. The first-order chi connectivity index (χ1) is 10.2. The second-order valence-corrected chi connectivity index (χ2v) is 5.66. The monoisotopic (exact) mass is 289 g/mol. The van der Waals surface area contributed by atoms with Gasteiger partial charge in [0.2, 0.25) is 0 Å². The number of H-pyrrole nitrogens is 1. The van der Waals surface area contributed by atoms with Crippen molar-refractivity contribution < 1.29 is 4.74 Å². The lowest BCUT2D eigenvalue weighted by molar-refractivity contribution is 0.0771. The minimum atomic E-state index is 0.327. The molecule has 0 bridgehead atoms. The molecule has 0 amide bonds. The molecule has 1 aromatic carbocycles. The third-order valence-electron chi connectivity index (χ3n) is 3.49. The molecule has 0 fully saturated rings. The highest BCUT2D eigenvalue weighted by molar-refractivity contribution is 5.75. The molecule has 0 aliphatic heterocycles. The van der Waals surface area contributed by atoms with Crippen molar-refractivity contribution in [3.8, 4) is 0 Å². The van der Waals surface area contributed by atoms with E-state index in [0.717, 1.165) is 55.8 Å². The maximum Gasteiger partial charge on any atom is 0.108 e. The fourth-order valence-corrected chi connectivity index (χ4v) is 2.30. The van der Waals surface area contributed by atoms with Gasteiger partial charge >= 0.3 is 0 Å². The molecule has 0 radical (unpaired) electrons. The first kappa shape index (κ1) is 16.0. The van der Waals surface area contributed by atoms with Crippen LogP contribution in [-0.2, 0) is 17.6 Å². The zero-order valence-electron chi connectivity index (χ0n) is 13.4. The van der Waals surface area contributed by atoms with Gasteiger partial charge in [-0.05, 0) is 50.9 Å². The van der Waals surface area contributed by atoms with Crippen LogP contribution in [-0.4, -0.2) is 35.8 Å². The molecular formula is C17H27N3O. The van der Waals surface area contributed by atoms with Gasteiger partial charge in [-0.3, -0.25) is 0 Å². The van der Waals surface area contributed by atoms with Crippen LogP contribution in [0.2, 0.25) is 0 Å². The minimum absolute atomic E-state index is 0.327. The van der Waals surface area contributed by atoms with E-state index in [9.17, 15) is 0 Å². The first-order valence-electron chi connectivity index (χ1n) is 7.99. The Morgan fingerprint density at radius 2 is 2.14 bits per heavy atom. The SMILES string of the molecule is CCc1ccc2nc(CCNCCCOC(C)C)[nH]c2c1. The predicted octanol–water partition coefficient (Wildman–Crippen LogP) is 3.07. The smallest absolute Gasteiger partial charge is 0.108 e. The number of aromatic amines is 1. The lowest BCUT2D eigenvalue weighted by Crippen LogP contribution is -2.20. The number of nitrogens with zero attached hydrogens (tertiary/aromatic N) is 1. The van der Waals surface area contributed by atoms with Gasteiger partial charge in [-0.25, -0.2) is 4.98 Å². The molecule has 0 saturated heterocycles. The van der Waals surface area contributed by atoms with Crippen molar-refractivity contribution in [3.63, 3.8) is 0 Å². The van der Waals surface area contributed by atoms with Crippen LogP contribution in [0.3, 0.4) is 0 Å². The summed E-state index contributed by atoms with van der Waals surface area (Å²) in [6, 6.07) is 6.45. The van der Waals surface area contributed by atoms with Crippen molar-refractivity contribution >= 4 is 11.0 Å². The van der Waals surface area contributed by atoms with E-state index in [1.807, 2.05) is 0 Å². The van der Waals surface area contributed by atoms with Crippen molar-refractivity contribution in [2.75, 3.05) is 19.7 Å². The molecule has 116 valence electrons. The number of aromatic nitrogens is 2. The average molecular weight is 289 g/mol. The summed E-state index contributed by atoms with van der Waals surface area (Å²) in [5.41, 5.74) is 3.56. The zero-order chi connectivity index (χ0) is 15.1. The maximum absolute atomic E-state index is 5.51. The Labute approximate surface area is 127 Å². The van der Waals surface area contributed by atoms with Crippen molar-refractivity contribution in [3.05, 3.63) is 29.6 Å². The van der Waals surface area contributed by atoms with Crippen LogP contribution in [0.4, 0.5) is 0 Å². The van der Waals surface area contributed by atoms with Gasteiger partial charge in [0.25, 0.3) is 0 Å². The van der Waals surface area contributed by atoms with Gasteiger partial charge in [0.1, 0.15) is 5.82 Å². The van der Waals surface area contributed by atoms with E-state index in [4.69, 9.17) is 4.74 Å². The molecule has 0 aliphatic rings. The van der Waals surface area contributed by atoms with Crippen LogP contribution in [0.15, 0.2) is 18.2 Å². The number of hydrogen-bond donors (Lipinski definition) is 2. The number of fused-ring (bicyclic) bond motifs is 1. The number of nitrogens with one attached hydrogen (secondary N) is 2. The van der Waals surface area contributed by atoms with Crippen LogP contribution in [0.1, 0.15) is 38.6 Å². The standard InChI is InChI=1S/C17H27N3O/c1-4-14-6-7-15-16(12-14)20-17(19-15)8-10-18-9-5-11-21-13(2)3/h6-7,12-13,18H,4-5,8-11H2,1-3H3,(H,19,20). The summed E-state index contributed by atoms with van der Waals surface area (Å²) in [5.74, 6) is 1.06. The molecule has 2 rings (SSSR count). The Morgan fingerprint density at radius 1 is 1.29 bits per heavy atom. The van der Waals surface area contributed by atoms with E-state index in [1.54, 1.807) is 0 Å². The van der Waals surface area contributed by atoms with Crippen LogP contribution in [0, 0.1) is 0 Å². The van der Waals surface area contributed by atoms with Gasteiger partial charge in [-0.1, -0.05) is 13.0 Å². The summed E-state index contributed by atoms with van der Waals surface area (Å²) < 4.78 is 5.51. The predicted molar refractivity (Wildman–Crippen MR) is 87.8 cm³/mol. The van der Waals surface area contributed by atoms with E-state index in [0.29, 0.717) is 6.10 Å². The zero-order valence-corrected chi connectivity index (χ0v) is 13.4. The number of aryl methyl sites for hydroxylation is 1. The molecule has 0 spiro atoms. The minimum Gasteiger partial charge on any atom is -0.379 e. The molecule has 0 aliphatic carbocycles. The maximum atomic E-state index is 5.51. The molecule has 1 aromatic heterocycles.